The van der Waals surface area contributed by atoms with Crippen LogP contribution in [0.1, 0.15) is 32.0 Å². The molecule has 3 aromatic rings. The minimum Gasteiger partial charge on any atom is -0.487 e. The average molecular weight is 492 g/mol. The predicted molar refractivity (Wildman–Crippen MR) is 129 cm³/mol. The lowest BCUT2D eigenvalue weighted by molar-refractivity contribution is -0.136. The van der Waals surface area contributed by atoms with Gasteiger partial charge in [0.1, 0.15) is 17.2 Å². The third kappa shape index (κ3) is 5.23. The van der Waals surface area contributed by atoms with Gasteiger partial charge in [-0.2, -0.15) is 0 Å². The first kappa shape index (κ1) is 24.8. The number of benzene rings is 2. The monoisotopic (exact) mass is 491 g/mol. The van der Waals surface area contributed by atoms with Crippen LogP contribution in [0.2, 0.25) is 10.0 Å². The summed E-state index contributed by atoms with van der Waals surface area (Å²) in [4.78, 5) is 25.0. The van der Waals surface area contributed by atoms with Gasteiger partial charge in [-0.05, 0) is 69.7 Å². The molecule has 1 N–H and O–H groups in total. The molecule has 3 rings (SSSR count). The molecule has 2 aromatic carbocycles. The number of hydrogen-bond acceptors (Lipinski definition) is 3. The van der Waals surface area contributed by atoms with Crippen LogP contribution in [-0.4, -0.2) is 21.2 Å². The molecule has 0 radical (unpaired) electrons. The van der Waals surface area contributed by atoms with Crippen molar-refractivity contribution in [3.8, 4) is 28.0 Å². The van der Waals surface area contributed by atoms with E-state index in [-0.39, 0.29) is 21.8 Å². The second-order valence-corrected chi connectivity index (χ2v) is 9.61. The third-order valence-electron chi connectivity index (χ3n) is 5.11. The van der Waals surface area contributed by atoms with Crippen LogP contribution < -0.4 is 10.3 Å². The molecule has 0 aliphatic carbocycles. The van der Waals surface area contributed by atoms with Gasteiger partial charge >= 0.3 is 5.97 Å². The molecular formula is C25H24Cl2FNO4. The minimum atomic E-state index is -1.11. The van der Waals surface area contributed by atoms with Crippen LogP contribution in [-0.2, 0) is 18.3 Å². The van der Waals surface area contributed by atoms with Crippen LogP contribution in [0.15, 0.2) is 41.2 Å². The van der Waals surface area contributed by atoms with E-state index in [9.17, 15) is 19.1 Å². The lowest BCUT2D eigenvalue weighted by atomic mass is 9.90. The maximum absolute atomic E-state index is 14.9. The number of aromatic nitrogens is 1. The molecular weight excluding hydrogens is 468 g/mol. The second-order valence-electron chi connectivity index (χ2n) is 8.74. The second kappa shape index (κ2) is 9.20. The van der Waals surface area contributed by atoms with Gasteiger partial charge in [-0.15, -0.1) is 0 Å². The van der Waals surface area contributed by atoms with E-state index in [2.05, 4.69) is 0 Å². The normalized spacial score (nSPS) is 11.5. The Morgan fingerprint density at radius 3 is 2.18 bits per heavy atom. The molecule has 0 bridgehead atoms. The molecule has 0 atom stereocenters. The Morgan fingerprint density at radius 1 is 1.06 bits per heavy atom. The Hall–Kier alpha value is -2.83. The van der Waals surface area contributed by atoms with Crippen LogP contribution in [0.25, 0.3) is 22.3 Å². The fourth-order valence-electron chi connectivity index (χ4n) is 3.79. The van der Waals surface area contributed by atoms with Crippen LogP contribution in [0.3, 0.4) is 0 Å². The summed E-state index contributed by atoms with van der Waals surface area (Å²) in [6.07, 6.45) is -0.414. The van der Waals surface area contributed by atoms with Crippen LogP contribution in [0.4, 0.5) is 4.39 Å². The first-order valence-electron chi connectivity index (χ1n) is 10.2. The van der Waals surface area contributed by atoms with Crippen molar-refractivity contribution in [1.29, 1.82) is 0 Å². The molecule has 0 aliphatic heterocycles. The molecule has 0 saturated carbocycles. The minimum absolute atomic E-state index is 0.0767. The summed E-state index contributed by atoms with van der Waals surface area (Å²) in [5.41, 5.74) is 0.822. The van der Waals surface area contributed by atoms with Crippen molar-refractivity contribution in [3.05, 3.63) is 73.9 Å². The third-order valence-corrected chi connectivity index (χ3v) is 5.58. The molecule has 0 fully saturated rings. The van der Waals surface area contributed by atoms with E-state index >= 15 is 0 Å². The average Bonchev–Trinajstić information content (AvgIpc) is 2.67. The first-order chi connectivity index (χ1) is 15.3. The SMILES string of the molecule is Cc1c(-c2ccc(Cl)cc2OC(C)(C)C)c(CC(=O)O)n(C)c(=O)c1-c1ccc(Cl)cc1F. The van der Waals surface area contributed by atoms with Crippen molar-refractivity contribution in [3.63, 3.8) is 0 Å². The molecule has 8 heteroatoms. The Morgan fingerprint density at radius 2 is 1.64 bits per heavy atom. The lowest BCUT2D eigenvalue weighted by Gasteiger charge is -2.26. The Balaban J connectivity index is 2.46. The molecule has 0 amide bonds. The number of hydrogen-bond donors (Lipinski definition) is 1. The van der Waals surface area contributed by atoms with Gasteiger partial charge < -0.3 is 14.4 Å². The largest absolute Gasteiger partial charge is 0.487 e. The summed E-state index contributed by atoms with van der Waals surface area (Å²) in [5.74, 6) is -1.34. The fraction of sp³-hybridized carbons (Fsp3) is 0.280. The summed E-state index contributed by atoms with van der Waals surface area (Å²) in [7, 11) is 1.47. The molecule has 1 heterocycles. The van der Waals surface area contributed by atoms with Gasteiger partial charge in [0.25, 0.3) is 5.56 Å². The lowest BCUT2D eigenvalue weighted by Crippen LogP contribution is -2.27. The molecule has 0 unspecified atom stereocenters. The fourth-order valence-corrected chi connectivity index (χ4v) is 4.11. The highest BCUT2D eigenvalue weighted by molar-refractivity contribution is 6.31. The van der Waals surface area contributed by atoms with Crippen molar-refractivity contribution in [2.75, 3.05) is 0 Å². The molecule has 0 spiro atoms. The Bertz CT molecular complexity index is 1310. The van der Waals surface area contributed by atoms with E-state index in [0.717, 1.165) is 6.07 Å². The van der Waals surface area contributed by atoms with Gasteiger partial charge in [-0.25, -0.2) is 4.39 Å². The predicted octanol–water partition coefficient (Wildman–Crippen LogP) is 6.28. The van der Waals surface area contributed by atoms with Crippen LogP contribution in [0, 0.1) is 12.7 Å². The zero-order chi connectivity index (χ0) is 24.7. The number of nitrogens with zero attached hydrogens (tertiary/aromatic N) is 1. The topological polar surface area (TPSA) is 68.5 Å². The van der Waals surface area contributed by atoms with Gasteiger partial charge in [-0.1, -0.05) is 23.2 Å². The molecule has 0 aliphatic rings. The van der Waals surface area contributed by atoms with E-state index in [1.54, 1.807) is 25.1 Å². The zero-order valence-corrected chi connectivity index (χ0v) is 20.4. The van der Waals surface area contributed by atoms with Gasteiger partial charge in [0.05, 0.1) is 12.0 Å². The molecule has 5 nitrogen and oxygen atoms in total. The van der Waals surface area contributed by atoms with Gasteiger partial charge in [0.2, 0.25) is 0 Å². The van der Waals surface area contributed by atoms with Crippen molar-refractivity contribution in [1.82, 2.24) is 4.57 Å². The number of aliphatic carboxylic acids is 1. The first-order valence-corrected chi connectivity index (χ1v) is 10.9. The quantitative estimate of drug-likeness (QED) is 0.455. The van der Waals surface area contributed by atoms with Crippen molar-refractivity contribution in [2.24, 2.45) is 7.05 Å². The highest BCUT2D eigenvalue weighted by atomic mass is 35.5. The maximum atomic E-state index is 14.9. The molecule has 0 saturated heterocycles. The zero-order valence-electron chi connectivity index (χ0n) is 18.9. The van der Waals surface area contributed by atoms with Crippen molar-refractivity contribution in [2.45, 2.75) is 39.7 Å². The molecule has 174 valence electrons. The van der Waals surface area contributed by atoms with E-state index in [0.29, 0.717) is 27.5 Å². The van der Waals surface area contributed by atoms with E-state index in [4.69, 9.17) is 27.9 Å². The van der Waals surface area contributed by atoms with E-state index in [1.165, 1.54) is 23.7 Å². The Labute approximate surface area is 201 Å². The van der Waals surface area contributed by atoms with Crippen molar-refractivity contribution < 1.29 is 19.0 Å². The summed E-state index contributed by atoms with van der Waals surface area (Å²) in [5, 5.41) is 10.2. The van der Waals surface area contributed by atoms with Crippen LogP contribution in [0.5, 0.6) is 5.75 Å². The summed E-state index contributed by atoms with van der Waals surface area (Å²) >= 11 is 12.1. The number of ether oxygens (including phenoxy) is 1. The van der Waals surface area contributed by atoms with Crippen LogP contribution >= 0.6 is 23.2 Å². The number of carboxylic acid groups (broad SMARTS) is 1. The molecule has 1 aromatic heterocycles. The summed E-state index contributed by atoms with van der Waals surface area (Å²) < 4.78 is 22.2. The standard InChI is InChI=1S/C25H24Cl2FNO4/c1-13-22(17-9-7-15(27)11-20(17)33-25(2,3)4)19(12-21(30)31)29(5)24(32)23(13)16-8-6-14(26)10-18(16)28/h6-11H,12H2,1-5H3,(H,30,31). The number of carbonyl (C=O) groups is 1. The Kier molecular flexibility index (Phi) is 6.91. The van der Waals surface area contributed by atoms with Gasteiger partial charge in [0, 0.05) is 39.5 Å². The number of pyridine rings is 1. The van der Waals surface area contributed by atoms with E-state index in [1.807, 2.05) is 20.8 Å². The van der Waals surface area contributed by atoms with Gasteiger partial charge in [-0.3, -0.25) is 9.59 Å². The summed E-state index contributed by atoms with van der Waals surface area (Å²) in [6.45, 7) is 7.29. The smallest absolute Gasteiger partial charge is 0.309 e. The van der Waals surface area contributed by atoms with E-state index < -0.39 is 29.4 Å². The number of halogens is 3. The highest BCUT2D eigenvalue weighted by Gasteiger charge is 2.26. The summed E-state index contributed by atoms with van der Waals surface area (Å²) in [6, 6.07) is 9.08. The number of carboxylic acids is 1. The highest BCUT2D eigenvalue weighted by Crippen LogP contribution is 2.40. The maximum Gasteiger partial charge on any atom is 0.309 e. The van der Waals surface area contributed by atoms with Crippen molar-refractivity contribution >= 4 is 29.2 Å². The molecule has 33 heavy (non-hydrogen) atoms. The van der Waals surface area contributed by atoms with Gasteiger partial charge in [0.15, 0.2) is 0 Å². The number of rotatable bonds is 5.